The summed E-state index contributed by atoms with van der Waals surface area (Å²) in [5.41, 5.74) is 2.97. The highest BCUT2D eigenvalue weighted by atomic mass is 19.1. The van der Waals surface area contributed by atoms with Gasteiger partial charge >= 0.3 is 5.97 Å². The standard InChI is InChI=1S/C27H23FO4/c1-16-22(32-26(30)18-8-10-19(11-9-18)27(2,3)4)13-12-21-24(29)23(31-25(16)21)15-17-6-5-7-20(28)14-17/h5-15H,1-4H3/b23-15-. The van der Waals surface area contributed by atoms with Crippen LogP contribution in [0.15, 0.2) is 66.4 Å². The van der Waals surface area contributed by atoms with E-state index < -0.39 is 11.8 Å². The van der Waals surface area contributed by atoms with Crippen LogP contribution in [0.2, 0.25) is 0 Å². The van der Waals surface area contributed by atoms with Gasteiger partial charge in [0.25, 0.3) is 0 Å². The van der Waals surface area contributed by atoms with E-state index in [0.29, 0.717) is 33.8 Å². The predicted octanol–water partition coefficient (Wildman–Crippen LogP) is 6.27. The molecule has 0 N–H and O–H groups in total. The van der Waals surface area contributed by atoms with Crippen molar-refractivity contribution in [2.75, 3.05) is 0 Å². The van der Waals surface area contributed by atoms with Crippen LogP contribution in [0.1, 0.15) is 58.2 Å². The summed E-state index contributed by atoms with van der Waals surface area (Å²) in [6.45, 7) is 8.04. The van der Waals surface area contributed by atoms with Crippen LogP contribution in [0.5, 0.6) is 11.5 Å². The van der Waals surface area contributed by atoms with Crippen molar-refractivity contribution in [2.24, 2.45) is 0 Å². The van der Waals surface area contributed by atoms with Crippen LogP contribution in [0.3, 0.4) is 0 Å². The van der Waals surface area contributed by atoms with E-state index in [1.807, 2.05) is 12.1 Å². The Labute approximate surface area is 186 Å². The van der Waals surface area contributed by atoms with Gasteiger partial charge in [-0.3, -0.25) is 4.79 Å². The van der Waals surface area contributed by atoms with Gasteiger partial charge in [0.05, 0.1) is 11.1 Å². The van der Waals surface area contributed by atoms with E-state index in [4.69, 9.17) is 9.47 Å². The molecule has 0 saturated heterocycles. The summed E-state index contributed by atoms with van der Waals surface area (Å²) < 4.78 is 24.8. The molecule has 0 saturated carbocycles. The van der Waals surface area contributed by atoms with Crippen molar-refractivity contribution in [2.45, 2.75) is 33.1 Å². The molecule has 0 amide bonds. The van der Waals surface area contributed by atoms with Crippen molar-refractivity contribution in [3.63, 3.8) is 0 Å². The van der Waals surface area contributed by atoms with Crippen molar-refractivity contribution in [3.8, 4) is 11.5 Å². The van der Waals surface area contributed by atoms with Crippen molar-refractivity contribution in [3.05, 3.63) is 100 Å². The quantitative estimate of drug-likeness (QED) is 0.279. The molecule has 4 rings (SSSR count). The third-order valence-corrected chi connectivity index (χ3v) is 5.37. The van der Waals surface area contributed by atoms with E-state index in [-0.39, 0.29) is 17.0 Å². The Morgan fingerprint density at radius 2 is 1.75 bits per heavy atom. The second-order valence-electron chi connectivity index (χ2n) is 8.78. The number of rotatable bonds is 3. The summed E-state index contributed by atoms with van der Waals surface area (Å²) in [4.78, 5) is 25.4. The Balaban J connectivity index is 1.57. The number of fused-ring (bicyclic) bond motifs is 1. The summed E-state index contributed by atoms with van der Waals surface area (Å²) in [5.74, 6) is -0.450. The first kappa shape index (κ1) is 21.5. The maximum absolute atomic E-state index is 13.5. The number of hydrogen-bond acceptors (Lipinski definition) is 4. The Morgan fingerprint density at radius 1 is 1.03 bits per heavy atom. The normalized spacial score (nSPS) is 14.3. The highest BCUT2D eigenvalue weighted by Crippen LogP contribution is 2.39. The smallest absolute Gasteiger partial charge is 0.343 e. The van der Waals surface area contributed by atoms with Crippen LogP contribution < -0.4 is 9.47 Å². The lowest BCUT2D eigenvalue weighted by Crippen LogP contribution is -2.13. The maximum Gasteiger partial charge on any atom is 0.343 e. The number of hydrogen-bond donors (Lipinski definition) is 0. The molecule has 1 aliphatic rings. The zero-order valence-corrected chi connectivity index (χ0v) is 18.4. The van der Waals surface area contributed by atoms with Crippen LogP contribution in [-0.2, 0) is 5.41 Å². The summed E-state index contributed by atoms with van der Waals surface area (Å²) in [7, 11) is 0. The number of benzene rings is 3. The minimum atomic E-state index is -0.492. The lowest BCUT2D eigenvalue weighted by atomic mass is 9.87. The van der Waals surface area contributed by atoms with E-state index >= 15 is 0 Å². The van der Waals surface area contributed by atoms with Gasteiger partial charge < -0.3 is 9.47 Å². The van der Waals surface area contributed by atoms with E-state index in [0.717, 1.165) is 5.56 Å². The SMILES string of the molecule is Cc1c(OC(=O)c2ccc(C(C)(C)C)cc2)ccc2c1O/C(=C\c1cccc(F)c1)C2=O. The average Bonchev–Trinajstić information content (AvgIpc) is 3.06. The highest BCUT2D eigenvalue weighted by Gasteiger charge is 2.30. The molecule has 0 bridgehead atoms. The molecule has 0 unspecified atom stereocenters. The van der Waals surface area contributed by atoms with Crippen LogP contribution >= 0.6 is 0 Å². The molecule has 32 heavy (non-hydrogen) atoms. The number of carbonyl (C=O) groups excluding carboxylic acids is 2. The largest absolute Gasteiger partial charge is 0.452 e. The number of ketones is 1. The van der Waals surface area contributed by atoms with Gasteiger partial charge in [-0.25, -0.2) is 9.18 Å². The van der Waals surface area contributed by atoms with Crippen molar-refractivity contribution >= 4 is 17.8 Å². The Morgan fingerprint density at radius 3 is 2.41 bits per heavy atom. The van der Waals surface area contributed by atoms with Gasteiger partial charge in [0.15, 0.2) is 5.76 Å². The molecule has 3 aromatic rings. The van der Waals surface area contributed by atoms with Gasteiger partial charge in [-0.1, -0.05) is 45.0 Å². The molecule has 1 heterocycles. The van der Waals surface area contributed by atoms with Gasteiger partial charge in [-0.05, 0) is 65.9 Å². The van der Waals surface area contributed by atoms with Crippen LogP contribution in [-0.4, -0.2) is 11.8 Å². The average molecular weight is 430 g/mol. The predicted molar refractivity (Wildman–Crippen MR) is 121 cm³/mol. The van der Waals surface area contributed by atoms with Gasteiger partial charge in [-0.15, -0.1) is 0 Å². The van der Waals surface area contributed by atoms with Crippen LogP contribution in [0, 0.1) is 12.7 Å². The van der Waals surface area contributed by atoms with Crippen molar-refractivity contribution in [1.29, 1.82) is 0 Å². The van der Waals surface area contributed by atoms with Gasteiger partial charge in [0.1, 0.15) is 17.3 Å². The molecule has 0 radical (unpaired) electrons. The minimum Gasteiger partial charge on any atom is -0.452 e. The zero-order valence-electron chi connectivity index (χ0n) is 18.4. The fourth-order valence-corrected chi connectivity index (χ4v) is 3.49. The molecular weight excluding hydrogens is 407 g/mol. The lowest BCUT2D eigenvalue weighted by Gasteiger charge is -2.19. The van der Waals surface area contributed by atoms with Crippen LogP contribution in [0.4, 0.5) is 4.39 Å². The number of esters is 1. The molecule has 0 fully saturated rings. The molecule has 0 aliphatic carbocycles. The maximum atomic E-state index is 13.5. The summed E-state index contributed by atoms with van der Waals surface area (Å²) in [6, 6.07) is 16.4. The summed E-state index contributed by atoms with van der Waals surface area (Å²) in [5, 5.41) is 0. The van der Waals surface area contributed by atoms with Gasteiger partial charge in [-0.2, -0.15) is 0 Å². The number of ether oxygens (including phenoxy) is 2. The second-order valence-corrected chi connectivity index (χ2v) is 8.78. The third-order valence-electron chi connectivity index (χ3n) is 5.37. The molecule has 1 aliphatic heterocycles. The molecule has 0 spiro atoms. The third kappa shape index (κ3) is 4.19. The molecule has 3 aromatic carbocycles. The minimum absolute atomic E-state index is 0.0143. The Kier molecular flexibility index (Phi) is 5.43. The first-order valence-electron chi connectivity index (χ1n) is 10.3. The molecule has 162 valence electrons. The summed E-state index contributed by atoms with van der Waals surface area (Å²) in [6.07, 6.45) is 1.49. The highest BCUT2D eigenvalue weighted by molar-refractivity contribution is 6.15. The molecule has 4 nitrogen and oxygen atoms in total. The second kappa shape index (κ2) is 8.08. The van der Waals surface area contributed by atoms with E-state index in [2.05, 4.69) is 20.8 Å². The number of allylic oxidation sites excluding steroid dienone is 1. The Hall–Kier alpha value is -3.73. The number of Topliss-reactive ketones (excluding diaryl/α,β-unsaturated/α-hetero) is 1. The topological polar surface area (TPSA) is 52.6 Å². The fraction of sp³-hybridized carbons (Fsp3) is 0.185. The number of carbonyl (C=O) groups is 2. The molecule has 0 atom stereocenters. The first-order chi connectivity index (χ1) is 15.1. The van der Waals surface area contributed by atoms with Gasteiger partial charge in [0, 0.05) is 5.56 Å². The number of halogens is 1. The zero-order chi connectivity index (χ0) is 23.0. The van der Waals surface area contributed by atoms with Crippen molar-refractivity contribution in [1.82, 2.24) is 0 Å². The summed E-state index contributed by atoms with van der Waals surface area (Å²) >= 11 is 0. The van der Waals surface area contributed by atoms with Crippen molar-refractivity contribution < 1.29 is 23.5 Å². The lowest BCUT2D eigenvalue weighted by molar-refractivity contribution is 0.0733. The van der Waals surface area contributed by atoms with Crippen LogP contribution in [0.25, 0.3) is 6.08 Å². The van der Waals surface area contributed by atoms with E-state index in [9.17, 15) is 14.0 Å². The molecule has 0 aromatic heterocycles. The first-order valence-corrected chi connectivity index (χ1v) is 10.3. The monoisotopic (exact) mass is 430 g/mol. The van der Waals surface area contributed by atoms with E-state index in [1.165, 1.54) is 18.2 Å². The van der Waals surface area contributed by atoms with Gasteiger partial charge in [0.2, 0.25) is 5.78 Å². The fourth-order valence-electron chi connectivity index (χ4n) is 3.49. The Bertz CT molecular complexity index is 1250. The molecular formula is C27H23FO4. The molecule has 5 heteroatoms. The van der Waals surface area contributed by atoms with E-state index in [1.54, 1.807) is 43.3 Å².